The van der Waals surface area contributed by atoms with Crippen LogP contribution >= 0.6 is 0 Å². The highest BCUT2D eigenvalue weighted by Crippen LogP contribution is 2.19. The highest BCUT2D eigenvalue weighted by molar-refractivity contribution is 5.17. The zero-order chi connectivity index (χ0) is 10.6. The zero-order valence-electron chi connectivity index (χ0n) is 9.54. The maximum absolute atomic E-state index is 4.42. The molecule has 1 rings (SSSR count). The smallest absolute Gasteiger partial charge is 0.0578 e. The van der Waals surface area contributed by atoms with Crippen molar-refractivity contribution in [3.05, 3.63) is 29.6 Å². The first-order chi connectivity index (χ1) is 6.65. The van der Waals surface area contributed by atoms with E-state index in [9.17, 15) is 0 Å². The standard InChI is InChI=1S/C12H20N2/c1-5-13-12(9(2)3)11-8-10(4)6-7-14-11/h6-9,12-13H,5H2,1-4H3. The molecule has 1 aromatic rings. The van der Waals surface area contributed by atoms with Crippen LogP contribution in [0.4, 0.5) is 0 Å². The Labute approximate surface area is 86.8 Å². The quantitative estimate of drug-likeness (QED) is 0.793. The van der Waals surface area contributed by atoms with Crippen molar-refractivity contribution in [1.29, 1.82) is 0 Å². The van der Waals surface area contributed by atoms with E-state index in [4.69, 9.17) is 0 Å². The molecule has 0 bridgehead atoms. The number of nitrogens with one attached hydrogen (secondary N) is 1. The second-order valence-corrected chi connectivity index (χ2v) is 4.04. The lowest BCUT2D eigenvalue weighted by atomic mass is 9.99. The first-order valence-electron chi connectivity index (χ1n) is 5.31. The van der Waals surface area contributed by atoms with E-state index in [0.29, 0.717) is 12.0 Å². The summed E-state index contributed by atoms with van der Waals surface area (Å²) in [6.07, 6.45) is 1.89. The van der Waals surface area contributed by atoms with Gasteiger partial charge in [-0.2, -0.15) is 0 Å². The van der Waals surface area contributed by atoms with Gasteiger partial charge in [-0.15, -0.1) is 0 Å². The Morgan fingerprint density at radius 1 is 1.43 bits per heavy atom. The Morgan fingerprint density at radius 3 is 2.64 bits per heavy atom. The molecule has 14 heavy (non-hydrogen) atoms. The van der Waals surface area contributed by atoms with Gasteiger partial charge in [0.2, 0.25) is 0 Å². The lowest BCUT2D eigenvalue weighted by Gasteiger charge is -2.21. The van der Waals surface area contributed by atoms with Gasteiger partial charge in [0, 0.05) is 6.20 Å². The third-order valence-corrected chi connectivity index (χ3v) is 2.35. The molecule has 0 amide bonds. The Bertz CT molecular complexity index is 281. The molecule has 1 atom stereocenters. The van der Waals surface area contributed by atoms with Gasteiger partial charge in [-0.1, -0.05) is 20.8 Å². The van der Waals surface area contributed by atoms with E-state index in [-0.39, 0.29) is 0 Å². The van der Waals surface area contributed by atoms with E-state index < -0.39 is 0 Å². The number of hydrogen-bond acceptors (Lipinski definition) is 2. The Morgan fingerprint density at radius 2 is 2.14 bits per heavy atom. The van der Waals surface area contributed by atoms with Crippen molar-refractivity contribution in [3.8, 4) is 0 Å². The number of pyridine rings is 1. The normalized spacial score (nSPS) is 13.2. The van der Waals surface area contributed by atoms with Gasteiger partial charge in [-0.25, -0.2) is 0 Å². The van der Waals surface area contributed by atoms with Crippen LogP contribution in [-0.2, 0) is 0 Å². The maximum atomic E-state index is 4.42. The second-order valence-electron chi connectivity index (χ2n) is 4.04. The van der Waals surface area contributed by atoms with E-state index in [0.717, 1.165) is 12.2 Å². The van der Waals surface area contributed by atoms with Crippen molar-refractivity contribution >= 4 is 0 Å². The molecule has 2 heteroatoms. The predicted molar refractivity (Wildman–Crippen MR) is 60.2 cm³/mol. The van der Waals surface area contributed by atoms with Crippen LogP contribution in [0.5, 0.6) is 0 Å². The fourth-order valence-electron chi connectivity index (χ4n) is 1.63. The topological polar surface area (TPSA) is 24.9 Å². The summed E-state index contributed by atoms with van der Waals surface area (Å²) in [4.78, 5) is 4.42. The molecule has 0 aliphatic rings. The van der Waals surface area contributed by atoms with E-state index in [1.165, 1.54) is 5.56 Å². The van der Waals surface area contributed by atoms with E-state index in [1.54, 1.807) is 0 Å². The van der Waals surface area contributed by atoms with Crippen LogP contribution < -0.4 is 5.32 Å². The molecule has 0 aliphatic carbocycles. The van der Waals surface area contributed by atoms with Crippen molar-refractivity contribution in [2.45, 2.75) is 33.7 Å². The van der Waals surface area contributed by atoms with Gasteiger partial charge in [0.1, 0.15) is 0 Å². The summed E-state index contributed by atoms with van der Waals surface area (Å²) in [5.74, 6) is 0.573. The van der Waals surface area contributed by atoms with Crippen LogP contribution in [0.2, 0.25) is 0 Å². The Hall–Kier alpha value is -0.890. The number of aromatic nitrogens is 1. The fourth-order valence-corrected chi connectivity index (χ4v) is 1.63. The number of rotatable bonds is 4. The van der Waals surface area contributed by atoms with Crippen LogP contribution in [0.25, 0.3) is 0 Å². The molecule has 0 aromatic carbocycles. The molecule has 0 saturated carbocycles. The summed E-state index contributed by atoms with van der Waals surface area (Å²) in [6.45, 7) is 9.66. The van der Waals surface area contributed by atoms with Gasteiger partial charge in [-0.05, 0) is 37.1 Å². The average Bonchev–Trinajstić information content (AvgIpc) is 2.13. The molecule has 0 spiro atoms. The minimum absolute atomic E-state index is 0.375. The van der Waals surface area contributed by atoms with Crippen LogP contribution in [0.15, 0.2) is 18.3 Å². The SMILES string of the molecule is CCNC(c1cc(C)ccn1)C(C)C. The molecule has 78 valence electrons. The van der Waals surface area contributed by atoms with Crippen LogP contribution in [-0.4, -0.2) is 11.5 Å². The first-order valence-corrected chi connectivity index (χ1v) is 5.31. The molecule has 0 saturated heterocycles. The lowest BCUT2D eigenvalue weighted by molar-refractivity contribution is 0.413. The summed E-state index contributed by atoms with van der Waals surface area (Å²) in [6, 6.07) is 4.57. The zero-order valence-corrected chi connectivity index (χ0v) is 9.54. The molecule has 1 heterocycles. The van der Waals surface area contributed by atoms with Gasteiger partial charge in [0.15, 0.2) is 0 Å². The minimum atomic E-state index is 0.375. The van der Waals surface area contributed by atoms with Gasteiger partial charge >= 0.3 is 0 Å². The van der Waals surface area contributed by atoms with Crippen molar-refractivity contribution < 1.29 is 0 Å². The predicted octanol–water partition coefficient (Wildman–Crippen LogP) is 2.70. The van der Waals surface area contributed by atoms with Gasteiger partial charge in [-0.3, -0.25) is 4.98 Å². The number of aryl methyl sites for hydroxylation is 1. The Balaban J connectivity index is 2.87. The van der Waals surface area contributed by atoms with Crippen LogP contribution in [0.1, 0.15) is 38.1 Å². The maximum Gasteiger partial charge on any atom is 0.0578 e. The third kappa shape index (κ3) is 2.81. The fraction of sp³-hybridized carbons (Fsp3) is 0.583. The summed E-state index contributed by atoms with van der Waals surface area (Å²) in [7, 11) is 0. The summed E-state index contributed by atoms with van der Waals surface area (Å²) < 4.78 is 0. The van der Waals surface area contributed by atoms with E-state index in [1.807, 2.05) is 12.3 Å². The largest absolute Gasteiger partial charge is 0.309 e. The van der Waals surface area contributed by atoms with Crippen molar-refractivity contribution in [1.82, 2.24) is 10.3 Å². The lowest BCUT2D eigenvalue weighted by Crippen LogP contribution is -2.26. The summed E-state index contributed by atoms with van der Waals surface area (Å²) in [5, 5.41) is 3.46. The molecule has 1 aromatic heterocycles. The molecule has 0 aliphatic heterocycles. The van der Waals surface area contributed by atoms with Gasteiger partial charge in [0.05, 0.1) is 11.7 Å². The van der Waals surface area contributed by atoms with Gasteiger partial charge in [0.25, 0.3) is 0 Å². The van der Waals surface area contributed by atoms with Crippen LogP contribution in [0.3, 0.4) is 0 Å². The van der Waals surface area contributed by atoms with Crippen molar-refractivity contribution in [3.63, 3.8) is 0 Å². The molecular weight excluding hydrogens is 172 g/mol. The third-order valence-electron chi connectivity index (χ3n) is 2.35. The minimum Gasteiger partial charge on any atom is -0.309 e. The molecule has 0 radical (unpaired) electrons. The number of nitrogens with zero attached hydrogens (tertiary/aromatic N) is 1. The van der Waals surface area contributed by atoms with Crippen LogP contribution in [0, 0.1) is 12.8 Å². The van der Waals surface area contributed by atoms with Gasteiger partial charge < -0.3 is 5.32 Å². The van der Waals surface area contributed by atoms with Crippen molar-refractivity contribution in [2.24, 2.45) is 5.92 Å². The highest BCUT2D eigenvalue weighted by atomic mass is 14.9. The molecular formula is C12H20N2. The molecule has 1 N–H and O–H groups in total. The molecule has 2 nitrogen and oxygen atoms in total. The second kappa shape index (κ2) is 5.11. The summed E-state index contributed by atoms with van der Waals surface area (Å²) >= 11 is 0. The van der Waals surface area contributed by atoms with Crippen molar-refractivity contribution in [2.75, 3.05) is 6.54 Å². The molecule has 0 fully saturated rings. The monoisotopic (exact) mass is 192 g/mol. The average molecular weight is 192 g/mol. The number of hydrogen-bond donors (Lipinski definition) is 1. The van der Waals surface area contributed by atoms with E-state index >= 15 is 0 Å². The highest BCUT2D eigenvalue weighted by Gasteiger charge is 2.15. The summed E-state index contributed by atoms with van der Waals surface area (Å²) in [5.41, 5.74) is 2.43. The first kappa shape index (κ1) is 11.2. The van der Waals surface area contributed by atoms with E-state index in [2.05, 4.69) is 44.1 Å². The Kier molecular flexibility index (Phi) is 4.08. The molecule has 1 unspecified atom stereocenters.